The van der Waals surface area contributed by atoms with Gasteiger partial charge in [-0.15, -0.1) is 0 Å². The Balaban J connectivity index is 1.48. The molecule has 1 aliphatic heterocycles. The van der Waals surface area contributed by atoms with E-state index in [1.165, 1.54) is 4.90 Å². The fourth-order valence-electron chi connectivity index (χ4n) is 4.54. The summed E-state index contributed by atoms with van der Waals surface area (Å²) in [5.41, 5.74) is 2.83. The number of hydrogen-bond donors (Lipinski definition) is 5. The van der Waals surface area contributed by atoms with Crippen LogP contribution in [0.4, 0.5) is 10.6 Å². The van der Waals surface area contributed by atoms with Gasteiger partial charge in [0.1, 0.15) is 18.5 Å². The minimum atomic E-state index is -1.34. The Kier molecular flexibility index (Phi) is 9.61. The van der Waals surface area contributed by atoms with E-state index in [-0.39, 0.29) is 25.7 Å². The summed E-state index contributed by atoms with van der Waals surface area (Å²) in [6.07, 6.45) is 0.409. The number of benzene rings is 1. The standard InChI is InChI=1S/C26H33N5O7/c1-15-8-16(2)23(17(3)9-15)24(33)30-20(25(34)35)12-29-22(32)14-38-19-10-18(31(13-19)26(36)37)11-28-21-6-4-5-7-27-21/h4-9,18-20H,10-14H2,1-3H3,(H,27,28)(H,29,32)(H,30,33)(H,34,35)(H,36,37). The lowest BCUT2D eigenvalue weighted by Crippen LogP contribution is -2.49. The van der Waals surface area contributed by atoms with Crippen LogP contribution in [0.5, 0.6) is 0 Å². The van der Waals surface area contributed by atoms with Gasteiger partial charge < -0.3 is 35.8 Å². The molecule has 0 radical (unpaired) electrons. The van der Waals surface area contributed by atoms with Gasteiger partial charge in [0, 0.05) is 24.8 Å². The van der Waals surface area contributed by atoms with E-state index in [0.29, 0.717) is 24.3 Å². The van der Waals surface area contributed by atoms with Crippen LogP contribution in [0.2, 0.25) is 0 Å². The average molecular weight is 528 g/mol. The van der Waals surface area contributed by atoms with Gasteiger partial charge >= 0.3 is 12.1 Å². The third-order valence-electron chi connectivity index (χ3n) is 6.27. The van der Waals surface area contributed by atoms with Crippen molar-refractivity contribution in [1.82, 2.24) is 20.5 Å². The van der Waals surface area contributed by atoms with Crippen LogP contribution in [-0.4, -0.2) is 88.4 Å². The molecule has 1 saturated heterocycles. The lowest BCUT2D eigenvalue weighted by Gasteiger charge is -2.21. The van der Waals surface area contributed by atoms with Gasteiger partial charge in [0.15, 0.2) is 0 Å². The summed E-state index contributed by atoms with van der Waals surface area (Å²) in [7, 11) is 0. The maximum absolute atomic E-state index is 12.7. The molecule has 1 aromatic carbocycles. The van der Waals surface area contributed by atoms with Crippen LogP contribution < -0.4 is 16.0 Å². The van der Waals surface area contributed by atoms with E-state index in [9.17, 15) is 29.4 Å². The van der Waals surface area contributed by atoms with E-state index < -0.39 is 36.0 Å². The van der Waals surface area contributed by atoms with Crippen molar-refractivity contribution in [2.45, 2.75) is 45.4 Å². The highest BCUT2D eigenvalue weighted by molar-refractivity contribution is 5.99. The number of anilines is 1. The number of carboxylic acids is 1. The number of carbonyl (C=O) groups excluding carboxylic acids is 2. The van der Waals surface area contributed by atoms with Crippen LogP contribution in [0.3, 0.4) is 0 Å². The Bertz CT molecular complexity index is 1150. The number of nitrogens with one attached hydrogen (secondary N) is 3. The second kappa shape index (κ2) is 12.9. The SMILES string of the molecule is Cc1cc(C)c(C(=O)NC(CNC(=O)COC2CC(CNc3ccccn3)N(C(=O)O)C2)C(=O)O)c(C)c1. The Morgan fingerprint density at radius 1 is 1.13 bits per heavy atom. The molecule has 38 heavy (non-hydrogen) atoms. The Labute approximate surface area is 220 Å². The number of hydrogen-bond acceptors (Lipinski definition) is 7. The normalized spacial score (nSPS) is 17.5. The first-order valence-electron chi connectivity index (χ1n) is 12.2. The van der Waals surface area contributed by atoms with Crippen molar-refractivity contribution in [1.29, 1.82) is 0 Å². The maximum atomic E-state index is 12.7. The van der Waals surface area contributed by atoms with E-state index in [4.69, 9.17) is 4.74 Å². The number of ether oxygens (including phenoxy) is 1. The van der Waals surface area contributed by atoms with Crippen LogP contribution in [0.15, 0.2) is 36.5 Å². The molecular formula is C26H33N5O7. The molecule has 12 nitrogen and oxygen atoms in total. The van der Waals surface area contributed by atoms with Gasteiger partial charge in [0.2, 0.25) is 5.91 Å². The highest BCUT2D eigenvalue weighted by Gasteiger charge is 2.36. The van der Waals surface area contributed by atoms with E-state index in [1.54, 1.807) is 32.2 Å². The Hall–Kier alpha value is -4.19. The minimum Gasteiger partial charge on any atom is -0.480 e. The van der Waals surface area contributed by atoms with E-state index in [2.05, 4.69) is 20.9 Å². The lowest BCUT2D eigenvalue weighted by atomic mass is 9.99. The van der Waals surface area contributed by atoms with Gasteiger partial charge in [-0.25, -0.2) is 14.6 Å². The van der Waals surface area contributed by atoms with Gasteiger partial charge in [-0.3, -0.25) is 9.59 Å². The van der Waals surface area contributed by atoms with Gasteiger partial charge in [-0.1, -0.05) is 23.8 Å². The van der Waals surface area contributed by atoms with Gasteiger partial charge in [-0.2, -0.15) is 0 Å². The highest BCUT2D eigenvalue weighted by Crippen LogP contribution is 2.21. The number of amides is 3. The fourth-order valence-corrected chi connectivity index (χ4v) is 4.54. The van der Waals surface area contributed by atoms with E-state index in [0.717, 1.165) is 16.7 Å². The van der Waals surface area contributed by atoms with Crippen LogP contribution in [-0.2, 0) is 14.3 Å². The van der Waals surface area contributed by atoms with Crippen LogP contribution >= 0.6 is 0 Å². The number of carboxylic acid groups (broad SMARTS) is 2. The van der Waals surface area contributed by atoms with Crippen molar-refractivity contribution in [3.8, 4) is 0 Å². The van der Waals surface area contributed by atoms with Gasteiger partial charge in [-0.05, 0) is 50.5 Å². The zero-order valence-electron chi connectivity index (χ0n) is 21.6. The van der Waals surface area contributed by atoms with Crippen molar-refractivity contribution < 1.29 is 34.1 Å². The Morgan fingerprint density at radius 3 is 2.45 bits per heavy atom. The van der Waals surface area contributed by atoms with Gasteiger partial charge in [0.05, 0.1) is 18.7 Å². The number of pyridine rings is 1. The van der Waals surface area contributed by atoms with Crippen molar-refractivity contribution in [3.63, 3.8) is 0 Å². The molecule has 1 aromatic heterocycles. The summed E-state index contributed by atoms with van der Waals surface area (Å²) >= 11 is 0. The fraction of sp³-hybridized carbons (Fsp3) is 0.423. The number of aromatic nitrogens is 1. The molecule has 0 spiro atoms. The third kappa shape index (κ3) is 7.65. The van der Waals surface area contributed by atoms with Crippen LogP contribution in [0.1, 0.15) is 33.5 Å². The minimum absolute atomic E-state index is 0.0975. The molecular weight excluding hydrogens is 494 g/mol. The van der Waals surface area contributed by atoms with E-state index in [1.807, 2.05) is 25.1 Å². The van der Waals surface area contributed by atoms with Crippen LogP contribution in [0, 0.1) is 20.8 Å². The molecule has 12 heteroatoms. The molecule has 0 aliphatic carbocycles. The topological polar surface area (TPSA) is 170 Å². The smallest absolute Gasteiger partial charge is 0.407 e. The summed E-state index contributed by atoms with van der Waals surface area (Å²) in [5.74, 6) is -1.79. The van der Waals surface area contributed by atoms with Crippen molar-refractivity contribution in [3.05, 3.63) is 58.8 Å². The largest absolute Gasteiger partial charge is 0.480 e. The molecule has 2 heterocycles. The molecule has 2 aromatic rings. The first-order valence-corrected chi connectivity index (χ1v) is 12.2. The second-order valence-corrected chi connectivity index (χ2v) is 9.30. The number of likely N-dealkylation sites (tertiary alicyclic amines) is 1. The van der Waals surface area contributed by atoms with Crippen molar-refractivity contribution >= 4 is 29.7 Å². The maximum Gasteiger partial charge on any atom is 0.407 e. The molecule has 3 unspecified atom stereocenters. The van der Waals surface area contributed by atoms with Crippen molar-refractivity contribution in [2.75, 3.05) is 31.6 Å². The van der Waals surface area contributed by atoms with Crippen LogP contribution in [0.25, 0.3) is 0 Å². The molecule has 1 fully saturated rings. The first-order chi connectivity index (χ1) is 18.0. The summed E-state index contributed by atoms with van der Waals surface area (Å²) in [5, 5.41) is 27.1. The number of carbonyl (C=O) groups is 4. The average Bonchev–Trinajstić information content (AvgIpc) is 3.27. The Morgan fingerprint density at radius 2 is 1.84 bits per heavy atom. The second-order valence-electron chi connectivity index (χ2n) is 9.30. The third-order valence-corrected chi connectivity index (χ3v) is 6.27. The summed E-state index contributed by atoms with van der Waals surface area (Å²) in [6.45, 7) is 5.17. The molecule has 3 amide bonds. The highest BCUT2D eigenvalue weighted by atomic mass is 16.5. The quantitative estimate of drug-likeness (QED) is 0.291. The number of aryl methyl sites for hydroxylation is 3. The molecule has 3 rings (SSSR count). The monoisotopic (exact) mass is 527 g/mol. The predicted octanol–water partition coefficient (Wildman–Crippen LogP) is 1.56. The molecule has 5 N–H and O–H groups in total. The molecule has 0 bridgehead atoms. The zero-order valence-corrected chi connectivity index (χ0v) is 21.6. The number of aliphatic carboxylic acids is 1. The molecule has 0 saturated carbocycles. The molecule has 3 atom stereocenters. The number of nitrogens with zero attached hydrogens (tertiary/aromatic N) is 2. The number of rotatable bonds is 11. The molecule has 204 valence electrons. The first kappa shape index (κ1) is 28.4. The summed E-state index contributed by atoms with van der Waals surface area (Å²) < 4.78 is 5.62. The zero-order chi connectivity index (χ0) is 27.8. The van der Waals surface area contributed by atoms with E-state index >= 15 is 0 Å². The lowest BCUT2D eigenvalue weighted by molar-refractivity contribution is -0.139. The molecule has 1 aliphatic rings. The summed E-state index contributed by atoms with van der Waals surface area (Å²) in [4.78, 5) is 53.9. The summed E-state index contributed by atoms with van der Waals surface area (Å²) in [6, 6.07) is 7.32. The predicted molar refractivity (Wildman–Crippen MR) is 138 cm³/mol. The van der Waals surface area contributed by atoms with Gasteiger partial charge in [0.25, 0.3) is 5.91 Å². The van der Waals surface area contributed by atoms with Crippen molar-refractivity contribution in [2.24, 2.45) is 0 Å².